The van der Waals surface area contributed by atoms with Gasteiger partial charge in [0, 0.05) is 5.69 Å². The molecule has 0 bridgehead atoms. The largest absolute Gasteiger partial charge is 0.334 e. The van der Waals surface area contributed by atoms with E-state index in [1.54, 1.807) is 0 Å². The van der Waals surface area contributed by atoms with Crippen LogP contribution in [0.25, 0.3) is 0 Å². The minimum absolute atomic E-state index is 0.0175. The van der Waals surface area contributed by atoms with Gasteiger partial charge in [0.1, 0.15) is 5.50 Å². The molecule has 1 aliphatic heterocycles. The quantitative estimate of drug-likeness (QED) is 0.649. The van der Waals surface area contributed by atoms with E-state index in [1.807, 2.05) is 35.2 Å². The van der Waals surface area contributed by atoms with Gasteiger partial charge in [0.15, 0.2) is 0 Å². The lowest BCUT2D eigenvalue weighted by Crippen LogP contribution is -2.30. The van der Waals surface area contributed by atoms with Crippen LogP contribution in [0, 0.1) is 0 Å². The van der Waals surface area contributed by atoms with Crippen molar-refractivity contribution in [3.63, 3.8) is 0 Å². The number of para-hydroxylation sites is 1. The second kappa shape index (κ2) is 3.30. The number of thiol groups is 1. The minimum atomic E-state index is -0.199. The van der Waals surface area contributed by atoms with Crippen LogP contribution in [0.4, 0.5) is 5.69 Å². The van der Waals surface area contributed by atoms with Crippen molar-refractivity contribution in [1.29, 1.82) is 0 Å². The van der Waals surface area contributed by atoms with Gasteiger partial charge in [0.2, 0.25) is 5.91 Å². The van der Waals surface area contributed by atoms with Crippen LogP contribution in [0.15, 0.2) is 30.3 Å². The molecule has 68 valence electrons. The molecule has 13 heavy (non-hydrogen) atoms. The van der Waals surface area contributed by atoms with Crippen LogP contribution in [0.5, 0.6) is 0 Å². The SMILES string of the molecule is O=C1CN(c2ccccc2)C(S)N1. The molecule has 0 spiro atoms. The molecule has 1 atom stereocenters. The van der Waals surface area contributed by atoms with Crippen molar-refractivity contribution in [3.05, 3.63) is 30.3 Å². The summed E-state index contributed by atoms with van der Waals surface area (Å²) in [4.78, 5) is 12.9. The Morgan fingerprint density at radius 1 is 1.38 bits per heavy atom. The fraction of sp³-hybridized carbons (Fsp3) is 0.222. The highest BCUT2D eigenvalue weighted by atomic mass is 32.1. The first-order valence-corrected chi connectivity index (χ1v) is 4.58. The zero-order valence-electron chi connectivity index (χ0n) is 6.97. The van der Waals surface area contributed by atoms with Gasteiger partial charge in [0.25, 0.3) is 0 Å². The van der Waals surface area contributed by atoms with Gasteiger partial charge in [-0.2, -0.15) is 0 Å². The van der Waals surface area contributed by atoms with Gasteiger partial charge in [-0.15, -0.1) is 12.6 Å². The number of hydrogen-bond donors (Lipinski definition) is 2. The van der Waals surface area contributed by atoms with E-state index in [0.717, 1.165) is 5.69 Å². The summed E-state index contributed by atoms with van der Waals surface area (Å²) in [6.45, 7) is 0.387. The third kappa shape index (κ3) is 1.62. The van der Waals surface area contributed by atoms with Gasteiger partial charge < -0.3 is 10.2 Å². The molecule has 0 aliphatic carbocycles. The van der Waals surface area contributed by atoms with E-state index in [2.05, 4.69) is 17.9 Å². The van der Waals surface area contributed by atoms with E-state index in [1.165, 1.54) is 0 Å². The first-order chi connectivity index (χ1) is 6.27. The fourth-order valence-electron chi connectivity index (χ4n) is 1.36. The maximum absolute atomic E-state index is 11.0. The van der Waals surface area contributed by atoms with Crippen LogP contribution in [0.1, 0.15) is 0 Å². The summed E-state index contributed by atoms with van der Waals surface area (Å²) in [6.07, 6.45) is 0. The van der Waals surface area contributed by atoms with Crippen LogP contribution in [-0.2, 0) is 4.79 Å². The first-order valence-electron chi connectivity index (χ1n) is 4.06. The molecule has 1 N–H and O–H groups in total. The van der Waals surface area contributed by atoms with Crippen LogP contribution in [-0.4, -0.2) is 17.9 Å². The van der Waals surface area contributed by atoms with Crippen molar-refractivity contribution < 1.29 is 4.79 Å². The number of nitrogens with zero attached hydrogens (tertiary/aromatic N) is 1. The molecule has 1 aromatic rings. The predicted octanol–water partition coefficient (Wildman–Crippen LogP) is 0.836. The van der Waals surface area contributed by atoms with Crippen LogP contribution >= 0.6 is 12.6 Å². The maximum atomic E-state index is 11.0. The number of carbonyl (C=O) groups excluding carboxylic acids is 1. The lowest BCUT2D eigenvalue weighted by Gasteiger charge is -2.20. The Bertz CT molecular complexity index is 315. The molecule has 4 heteroatoms. The molecule has 0 radical (unpaired) electrons. The first kappa shape index (κ1) is 8.44. The Labute approximate surface area is 82.1 Å². The molecule has 1 aliphatic rings. The van der Waals surface area contributed by atoms with E-state index in [9.17, 15) is 4.79 Å². The molecule has 0 saturated carbocycles. The van der Waals surface area contributed by atoms with Crippen molar-refractivity contribution in [2.24, 2.45) is 0 Å². The molecule has 1 fully saturated rings. The zero-order valence-corrected chi connectivity index (χ0v) is 7.87. The van der Waals surface area contributed by atoms with Crippen molar-refractivity contribution >= 4 is 24.2 Å². The van der Waals surface area contributed by atoms with Crippen molar-refractivity contribution in [2.75, 3.05) is 11.4 Å². The molecule has 1 saturated heterocycles. The van der Waals surface area contributed by atoms with E-state index in [0.29, 0.717) is 6.54 Å². The Balaban J connectivity index is 2.23. The second-order valence-electron chi connectivity index (χ2n) is 2.90. The molecular formula is C9H10N2OS. The van der Waals surface area contributed by atoms with Crippen molar-refractivity contribution in [3.8, 4) is 0 Å². The summed E-state index contributed by atoms with van der Waals surface area (Å²) in [7, 11) is 0. The number of benzene rings is 1. The third-order valence-electron chi connectivity index (χ3n) is 1.99. The topological polar surface area (TPSA) is 32.3 Å². The Kier molecular flexibility index (Phi) is 2.14. The molecular weight excluding hydrogens is 184 g/mol. The fourth-order valence-corrected chi connectivity index (χ4v) is 1.72. The van der Waals surface area contributed by atoms with Gasteiger partial charge in [-0.25, -0.2) is 0 Å². The number of anilines is 1. The summed E-state index contributed by atoms with van der Waals surface area (Å²) in [6, 6.07) is 9.76. The Morgan fingerprint density at radius 2 is 2.08 bits per heavy atom. The van der Waals surface area contributed by atoms with E-state index in [-0.39, 0.29) is 11.4 Å². The van der Waals surface area contributed by atoms with Gasteiger partial charge >= 0.3 is 0 Å². The van der Waals surface area contributed by atoms with Gasteiger partial charge in [-0.3, -0.25) is 4.79 Å². The average Bonchev–Trinajstić information content (AvgIpc) is 2.47. The molecule has 1 unspecified atom stereocenters. The number of carbonyl (C=O) groups is 1. The molecule has 0 aromatic heterocycles. The second-order valence-corrected chi connectivity index (χ2v) is 3.39. The molecule has 1 heterocycles. The van der Waals surface area contributed by atoms with Crippen molar-refractivity contribution in [1.82, 2.24) is 5.32 Å². The lowest BCUT2D eigenvalue weighted by molar-refractivity contribution is -0.118. The summed E-state index contributed by atoms with van der Waals surface area (Å²) in [5.41, 5.74) is 0.816. The normalized spacial score (nSPS) is 21.8. The van der Waals surface area contributed by atoms with Crippen molar-refractivity contribution in [2.45, 2.75) is 5.50 Å². The highest BCUT2D eigenvalue weighted by molar-refractivity contribution is 7.81. The zero-order chi connectivity index (χ0) is 9.26. The van der Waals surface area contributed by atoms with Gasteiger partial charge in [-0.05, 0) is 12.1 Å². The van der Waals surface area contributed by atoms with E-state index in [4.69, 9.17) is 0 Å². The van der Waals surface area contributed by atoms with Crippen LogP contribution in [0.3, 0.4) is 0 Å². The molecule has 1 aromatic carbocycles. The summed E-state index contributed by atoms with van der Waals surface area (Å²) in [5, 5.41) is 2.72. The number of nitrogens with one attached hydrogen (secondary N) is 1. The number of amides is 1. The maximum Gasteiger partial charge on any atom is 0.241 e. The van der Waals surface area contributed by atoms with Gasteiger partial charge in [0.05, 0.1) is 6.54 Å². The summed E-state index contributed by atoms with van der Waals surface area (Å²) in [5.74, 6) is 0.0175. The summed E-state index contributed by atoms with van der Waals surface area (Å²) < 4.78 is 0. The van der Waals surface area contributed by atoms with Gasteiger partial charge in [-0.1, -0.05) is 18.2 Å². The molecule has 3 nitrogen and oxygen atoms in total. The Hall–Kier alpha value is -1.16. The number of rotatable bonds is 1. The third-order valence-corrected chi connectivity index (χ3v) is 2.39. The minimum Gasteiger partial charge on any atom is -0.334 e. The summed E-state index contributed by atoms with van der Waals surface area (Å²) >= 11 is 4.25. The standard InChI is InChI=1S/C9H10N2OS/c12-8-6-11(9(13)10-8)7-4-2-1-3-5-7/h1-5,9,13H,6H2,(H,10,12). The van der Waals surface area contributed by atoms with E-state index < -0.39 is 0 Å². The Morgan fingerprint density at radius 3 is 2.62 bits per heavy atom. The highest BCUT2D eigenvalue weighted by Gasteiger charge is 2.26. The molecule has 1 amide bonds. The lowest BCUT2D eigenvalue weighted by atomic mass is 10.3. The predicted molar refractivity (Wildman–Crippen MR) is 54.7 cm³/mol. The highest BCUT2D eigenvalue weighted by Crippen LogP contribution is 2.19. The molecule has 2 rings (SSSR count). The van der Waals surface area contributed by atoms with Crippen LogP contribution < -0.4 is 10.2 Å². The average molecular weight is 194 g/mol. The van der Waals surface area contributed by atoms with Crippen LogP contribution in [0.2, 0.25) is 0 Å². The van der Waals surface area contributed by atoms with E-state index >= 15 is 0 Å². The number of hydrogen-bond acceptors (Lipinski definition) is 3. The smallest absolute Gasteiger partial charge is 0.241 e. The monoisotopic (exact) mass is 194 g/mol.